The molecule has 3 aromatic carbocycles. The maximum absolute atomic E-state index is 2.61. The van der Waals surface area contributed by atoms with Crippen LogP contribution in [0.15, 0.2) is 72.8 Å². The van der Waals surface area contributed by atoms with E-state index in [0.29, 0.717) is 3.63 Å². The topological polar surface area (TPSA) is 0 Å². The van der Waals surface area contributed by atoms with Gasteiger partial charge < -0.3 is 24.8 Å². The number of halogens is 2. The smallest absolute Gasteiger partial charge is 1.00 e. The summed E-state index contributed by atoms with van der Waals surface area (Å²) in [7, 11) is -1.42. The summed E-state index contributed by atoms with van der Waals surface area (Å²) in [5.74, 6) is 0. The first-order valence-electron chi connectivity index (χ1n) is 13.0. The molecule has 2 unspecified atom stereocenters. The largest absolute Gasteiger partial charge is 1.00 e. The molecular weight excluding hydrogens is 587 g/mol. The molecule has 3 aromatic rings. The molecule has 0 radical (unpaired) electrons. The Morgan fingerprint density at radius 1 is 0.784 bits per heavy atom. The quantitative estimate of drug-likeness (QED) is 0.386. The van der Waals surface area contributed by atoms with Crippen LogP contribution in [0.5, 0.6) is 0 Å². The third kappa shape index (κ3) is 5.34. The summed E-state index contributed by atoms with van der Waals surface area (Å²) >= 11 is 1.60. The average Bonchev–Trinajstić information content (AvgIpc) is 3.44. The molecule has 0 heterocycles. The predicted molar refractivity (Wildman–Crippen MR) is 152 cm³/mol. The minimum atomic E-state index is -1.42. The van der Waals surface area contributed by atoms with Crippen LogP contribution in [-0.4, -0.2) is 8.80 Å². The van der Waals surface area contributed by atoms with E-state index in [-0.39, 0.29) is 35.6 Å². The van der Waals surface area contributed by atoms with E-state index in [4.69, 9.17) is 0 Å². The van der Waals surface area contributed by atoms with Gasteiger partial charge in [0.2, 0.25) is 0 Å². The second-order valence-electron chi connectivity index (χ2n) is 12.3. The maximum Gasteiger partial charge on any atom is -1.00 e. The van der Waals surface area contributed by atoms with Crippen LogP contribution < -0.4 is 35.2 Å². The van der Waals surface area contributed by atoms with Crippen molar-refractivity contribution in [2.45, 2.75) is 69.0 Å². The van der Waals surface area contributed by atoms with E-state index in [1.54, 1.807) is 52.2 Å². The Labute approximate surface area is 253 Å². The Kier molecular flexibility index (Phi) is 9.13. The first-order valence-corrected chi connectivity index (χ1v) is 16.7. The van der Waals surface area contributed by atoms with E-state index in [9.17, 15) is 0 Å². The molecule has 2 aliphatic rings. The number of allylic oxidation sites excluding steroid dienone is 4. The number of rotatable bonds is 3. The van der Waals surface area contributed by atoms with E-state index < -0.39 is 8.80 Å². The fourth-order valence-corrected chi connectivity index (χ4v) is 10.5. The molecule has 5 rings (SSSR count). The van der Waals surface area contributed by atoms with Crippen molar-refractivity contribution >= 4 is 24.7 Å². The second-order valence-corrected chi connectivity index (χ2v) is 16.4. The minimum Gasteiger partial charge on any atom is -1.00 e. The first kappa shape index (κ1) is 30.4. The van der Waals surface area contributed by atoms with Gasteiger partial charge in [-0.2, -0.15) is 0 Å². The zero-order valence-corrected chi connectivity index (χ0v) is 28.2. The maximum atomic E-state index is 2.61. The Morgan fingerprint density at radius 3 is 2.00 bits per heavy atom. The van der Waals surface area contributed by atoms with Crippen molar-refractivity contribution in [3.63, 3.8) is 0 Å². The third-order valence-electron chi connectivity index (χ3n) is 7.82. The van der Waals surface area contributed by atoms with E-state index in [0.717, 1.165) is 6.42 Å². The fraction of sp³-hybridized carbons (Fsp3) is 0.333. The summed E-state index contributed by atoms with van der Waals surface area (Å²) in [5.41, 5.74) is 12.6. The molecule has 0 bridgehead atoms. The van der Waals surface area contributed by atoms with Gasteiger partial charge in [-0.3, -0.25) is 0 Å². The van der Waals surface area contributed by atoms with Gasteiger partial charge in [0, 0.05) is 0 Å². The van der Waals surface area contributed by atoms with Crippen molar-refractivity contribution in [3.05, 3.63) is 101 Å². The molecule has 0 saturated carbocycles. The summed E-state index contributed by atoms with van der Waals surface area (Å²) < 4.78 is 0.490. The summed E-state index contributed by atoms with van der Waals surface area (Å²) in [6.07, 6.45) is 8.05. The van der Waals surface area contributed by atoms with E-state index in [1.807, 2.05) is 0 Å². The fourth-order valence-electron chi connectivity index (χ4n) is 6.10. The molecule has 191 valence electrons. The summed E-state index contributed by atoms with van der Waals surface area (Å²) in [6.45, 7) is 16.9. The van der Waals surface area contributed by atoms with E-state index in [2.05, 4.69) is 121 Å². The molecule has 0 saturated heterocycles. The van der Waals surface area contributed by atoms with Crippen LogP contribution in [0.25, 0.3) is 16.7 Å². The van der Waals surface area contributed by atoms with Crippen molar-refractivity contribution in [3.8, 4) is 11.1 Å². The van der Waals surface area contributed by atoms with Crippen LogP contribution >= 0.6 is 0 Å². The van der Waals surface area contributed by atoms with Crippen molar-refractivity contribution < 1.29 is 49.5 Å². The van der Waals surface area contributed by atoms with Crippen LogP contribution in [0, 0.1) is 0 Å². The van der Waals surface area contributed by atoms with Gasteiger partial charge in [-0.25, -0.2) is 0 Å². The molecule has 2 atom stereocenters. The number of fused-ring (bicyclic) bond motifs is 3. The van der Waals surface area contributed by atoms with Crippen LogP contribution in [0.4, 0.5) is 0 Å². The second kappa shape index (κ2) is 11.1. The van der Waals surface area contributed by atoms with Crippen LogP contribution in [0.2, 0.25) is 6.55 Å². The van der Waals surface area contributed by atoms with Crippen LogP contribution in [0.3, 0.4) is 0 Å². The van der Waals surface area contributed by atoms with Crippen molar-refractivity contribution in [2.75, 3.05) is 0 Å². The van der Waals surface area contributed by atoms with Crippen molar-refractivity contribution in [1.29, 1.82) is 0 Å². The zero-order valence-electron chi connectivity index (χ0n) is 23.0. The molecule has 0 amide bonds. The molecule has 2 aliphatic carbocycles. The van der Waals surface area contributed by atoms with Gasteiger partial charge in [-0.15, -0.1) is 0 Å². The number of benzene rings is 3. The molecule has 0 spiro atoms. The molecule has 37 heavy (non-hydrogen) atoms. The third-order valence-corrected chi connectivity index (χ3v) is 12.1. The van der Waals surface area contributed by atoms with Gasteiger partial charge in [-0.05, 0) is 0 Å². The molecule has 0 aliphatic heterocycles. The van der Waals surface area contributed by atoms with Gasteiger partial charge in [0.1, 0.15) is 0 Å². The minimum absolute atomic E-state index is 0. The summed E-state index contributed by atoms with van der Waals surface area (Å²) in [4.78, 5) is 0. The molecule has 0 N–H and O–H groups in total. The molecular formula is C33H37Cl2SiZr. The zero-order chi connectivity index (χ0) is 25.1. The monoisotopic (exact) mass is 621 g/mol. The number of hydrogen-bond donors (Lipinski definition) is 0. The Bertz CT molecular complexity index is 1360. The molecule has 0 nitrogen and oxygen atoms in total. The van der Waals surface area contributed by atoms with Crippen molar-refractivity contribution in [2.24, 2.45) is 0 Å². The van der Waals surface area contributed by atoms with Gasteiger partial charge in [0.25, 0.3) is 0 Å². The first-order chi connectivity index (χ1) is 16.5. The normalized spacial score (nSPS) is 16.9. The van der Waals surface area contributed by atoms with Gasteiger partial charge >= 0.3 is 230 Å². The SMILES string of the molecule is C[SiH](c1ccccc1)c1c(C(C)(C)C)cc2c(c1C1=CC=CC1)[CH]([Zr+2])c1c-2cccc1C(C)(C)C.[Cl-].[Cl-]. The van der Waals surface area contributed by atoms with E-state index in [1.165, 1.54) is 27.5 Å². The van der Waals surface area contributed by atoms with Crippen molar-refractivity contribution in [1.82, 2.24) is 0 Å². The van der Waals surface area contributed by atoms with Gasteiger partial charge in [0.05, 0.1) is 0 Å². The Hall–Kier alpha value is -1.18. The predicted octanol–water partition coefficient (Wildman–Crippen LogP) is 1.22. The van der Waals surface area contributed by atoms with Gasteiger partial charge in [-0.1, -0.05) is 0 Å². The van der Waals surface area contributed by atoms with E-state index >= 15 is 0 Å². The molecule has 0 aromatic heterocycles. The molecule has 0 fully saturated rings. The Balaban J connectivity index is 0.00000190. The standard InChI is InChI=1S/C33H37Si.2ClH.Zr/c1-32(2,3)28-19-13-18-24-25-21-29(33(4,5)6)31(34(7)23-16-9-8-10-17-23)30(22-14-11-12-15-22)27(25)20-26(24)28;;;/h8-14,16-21,34H,15H2,1-7H3;2*1H;/q;;;+2/p-2. The van der Waals surface area contributed by atoms with Crippen LogP contribution in [0.1, 0.15) is 79.4 Å². The molecule has 4 heteroatoms. The Morgan fingerprint density at radius 2 is 1.43 bits per heavy atom. The van der Waals surface area contributed by atoms with Gasteiger partial charge in [0.15, 0.2) is 0 Å². The summed E-state index contributed by atoms with van der Waals surface area (Å²) in [6, 6.07) is 21.0. The van der Waals surface area contributed by atoms with Crippen LogP contribution in [-0.2, 0) is 35.5 Å². The summed E-state index contributed by atoms with van der Waals surface area (Å²) in [5, 5.41) is 3.21. The average molecular weight is 624 g/mol. The number of hydrogen-bond acceptors (Lipinski definition) is 0.